The predicted molar refractivity (Wildman–Crippen MR) is 71.4 cm³/mol. The van der Waals surface area contributed by atoms with Gasteiger partial charge in [0.25, 0.3) is 0 Å². The number of rotatable bonds is 3. The summed E-state index contributed by atoms with van der Waals surface area (Å²) in [6, 6.07) is 4.76. The Balaban J connectivity index is 2.36. The van der Waals surface area contributed by atoms with Gasteiger partial charge in [0.05, 0.1) is 23.2 Å². The van der Waals surface area contributed by atoms with Crippen molar-refractivity contribution < 1.29 is 13.2 Å². The van der Waals surface area contributed by atoms with Crippen molar-refractivity contribution in [3.05, 3.63) is 47.5 Å². The van der Waals surface area contributed by atoms with Crippen LogP contribution in [0.1, 0.15) is 29.9 Å². The van der Waals surface area contributed by atoms with Gasteiger partial charge < -0.3 is 9.88 Å². The first kappa shape index (κ1) is 14.9. The monoisotopic (exact) mass is 294 g/mol. The van der Waals surface area contributed by atoms with Gasteiger partial charge in [-0.15, -0.1) is 0 Å². The van der Waals surface area contributed by atoms with Crippen molar-refractivity contribution in [2.75, 3.05) is 5.32 Å². The summed E-state index contributed by atoms with van der Waals surface area (Å²) in [6.07, 6.45) is -1.23. The molecule has 0 aliphatic rings. The van der Waals surface area contributed by atoms with Crippen molar-refractivity contribution in [1.82, 2.24) is 9.55 Å². The van der Waals surface area contributed by atoms with Crippen LogP contribution in [0.25, 0.3) is 0 Å². The second-order valence-electron chi connectivity index (χ2n) is 4.63. The molecule has 1 unspecified atom stereocenters. The molecule has 21 heavy (non-hydrogen) atoms. The van der Waals surface area contributed by atoms with Crippen molar-refractivity contribution in [3.63, 3.8) is 0 Å². The number of nitrogens with zero attached hydrogens (tertiary/aromatic N) is 3. The highest BCUT2D eigenvalue weighted by atomic mass is 19.4. The minimum Gasteiger partial charge on any atom is -0.375 e. The summed E-state index contributed by atoms with van der Waals surface area (Å²) >= 11 is 0. The van der Waals surface area contributed by atoms with Crippen LogP contribution in [0.5, 0.6) is 0 Å². The van der Waals surface area contributed by atoms with Crippen LogP contribution in [0.4, 0.5) is 18.9 Å². The first-order valence-electron chi connectivity index (χ1n) is 6.18. The molecule has 0 fully saturated rings. The molecule has 0 saturated heterocycles. The topological polar surface area (TPSA) is 53.6 Å². The zero-order valence-electron chi connectivity index (χ0n) is 11.4. The first-order valence-corrected chi connectivity index (χ1v) is 6.18. The average Bonchev–Trinajstić information content (AvgIpc) is 2.84. The van der Waals surface area contributed by atoms with E-state index in [4.69, 9.17) is 5.26 Å². The molecule has 1 heterocycles. The fourth-order valence-corrected chi connectivity index (χ4v) is 2.07. The van der Waals surface area contributed by atoms with Crippen LogP contribution >= 0.6 is 0 Å². The van der Waals surface area contributed by atoms with E-state index in [0.29, 0.717) is 5.82 Å². The van der Waals surface area contributed by atoms with Gasteiger partial charge in [-0.05, 0) is 25.1 Å². The van der Waals surface area contributed by atoms with Gasteiger partial charge in [-0.25, -0.2) is 4.98 Å². The third-order valence-corrected chi connectivity index (χ3v) is 3.07. The maximum Gasteiger partial charge on any atom is 0.418 e. The van der Waals surface area contributed by atoms with Gasteiger partial charge in [-0.3, -0.25) is 0 Å². The van der Waals surface area contributed by atoms with E-state index in [1.807, 2.05) is 0 Å². The van der Waals surface area contributed by atoms with Crippen LogP contribution in [0, 0.1) is 11.3 Å². The second-order valence-corrected chi connectivity index (χ2v) is 4.63. The smallest absolute Gasteiger partial charge is 0.375 e. The molecular weight excluding hydrogens is 281 g/mol. The van der Waals surface area contributed by atoms with Crippen LogP contribution in [0.3, 0.4) is 0 Å². The predicted octanol–water partition coefficient (Wildman–Crippen LogP) is 3.48. The van der Waals surface area contributed by atoms with Gasteiger partial charge in [0.2, 0.25) is 0 Å². The molecule has 7 heteroatoms. The van der Waals surface area contributed by atoms with Crippen molar-refractivity contribution in [2.45, 2.75) is 19.1 Å². The molecule has 0 saturated carbocycles. The standard InChI is InChI=1S/C14H13F3N4/c1-9(13-19-5-6-21(13)2)20-12-4-3-10(8-18)7-11(12)14(15,16)17/h3-7,9,20H,1-2H3. The lowest BCUT2D eigenvalue weighted by molar-refractivity contribution is -0.137. The van der Waals surface area contributed by atoms with E-state index in [1.165, 1.54) is 12.1 Å². The van der Waals surface area contributed by atoms with Crippen molar-refractivity contribution in [2.24, 2.45) is 7.05 Å². The maximum atomic E-state index is 13.1. The Morgan fingerprint density at radius 3 is 2.62 bits per heavy atom. The minimum absolute atomic E-state index is 0.0301. The van der Waals surface area contributed by atoms with E-state index in [2.05, 4.69) is 10.3 Å². The first-order chi connectivity index (χ1) is 9.82. The molecule has 1 N–H and O–H groups in total. The van der Waals surface area contributed by atoms with Crippen LogP contribution in [0.2, 0.25) is 0 Å². The zero-order chi connectivity index (χ0) is 15.6. The highest BCUT2D eigenvalue weighted by molar-refractivity contribution is 5.56. The molecule has 1 aromatic carbocycles. The highest BCUT2D eigenvalue weighted by Crippen LogP contribution is 2.36. The molecule has 0 radical (unpaired) electrons. The molecule has 1 atom stereocenters. The molecule has 0 spiro atoms. The van der Waals surface area contributed by atoms with Crippen molar-refractivity contribution in [3.8, 4) is 6.07 Å². The van der Waals surface area contributed by atoms with Crippen LogP contribution in [0.15, 0.2) is 30.6 Å². The Morgan fingerprint density at radius 1 is 1.38 bits per heavy atom. The molecule has 4 nitrogen and oxygen atoms in total. The number of alkyl halides is 3. The Kier molecular flexibility index (Phi) is 3.89. The summed E-state index contributed by atoms with van der Waals surface area (Å²) in [5, 5.41) is 11.5. The number of hydrogen-bond acceptors (Lipinski definition) is 3. The maximum absolute atomic E-state index is 13.1. The van der Waals surface area contributed by atoms with Crippen LogP contribution < -0.4 is 5.32 Å². The van der Waals surface area contributed by atoms with E-state index in [9.17, 15) is 13.2 Å². The number of nitriles is 1. The quantitative estimate of drug-likeness (QED) is 0.942. The van der Waals surface area contributed by atoms with Gasteiger partial charge in [0, 0.05) is 25.1 Å². The normalized spacial score (nSPS) is 12.8. The van der Waals surface area contributed by atoms with Gasteiger partial charge in [0.1, 0.15) is 5.82 Å². The Labute approximate surface area is 119 Å². The van der Waals surface area contributed by atoms with Gasteiger partial charge in [0.15, 0.2) is 0 Å². The van der Waals surface area contributed by atoms with E-state index in [0.717, 1.165) is 6.07 Å². The number of nitrogens with one attached hydrogen (secondary N) is 1. The Hall–Kier alpha value is -2.49. The number of imidazole rings is 1. The molecule has 0 bridgehead atoms. The molecule has 2 aromatic rings. The lowest BCUT2D eigenvalue weighted by atomic mass is 10.1. The lowest BCUT2D eigenvalue weighted by Gasteiger charge is -2.19. The lowest BCUT2D eigenvalue weighted by Crippen LogP contribution is -2.16. The van der Waals surface area contributed by atoms with E-state index in [-0.39, 0.29) is 11.3 Å². The fourth-order valence-electron chi connectivity index (χ4n) is 2.07. The number of anilines is 1. The summed E-state index contributed by atoms with van der Waals surface area (Å²) in [6.45, 7) is 1.72. The number of aryl methyl sites for hydroxylation is 1. The molecule has 1 aromatic heterocycles. The van der Waals surface area contributed by atoms with E-state index in [1.54, 1.807) is 37.0 Å². The third kappa shape index (κ3) is 3.16. The summed E-state index contributed by atoms with van der Waals surface area (Å²) in [4.78, 5) is 4.10. The highest BCUT2D eigenvalue weighted by Gasteiger charge is 2.34. The molecule has 0 aliphatic heterocycles. The van der Waals surface area contributed by atoms with Crippen LogP contribution in [-0.4, -0.2) is 9.55 Å². The van der Waals surface area contributed by atoms with Gasteiger partial charge in [-0.2, -0.15) is 18.4 Å². The summed E-state index contributed by atoms with van der Waals surface area (Å²) in [5.74, 6) is 0.618. The SMILES string of the molecule is CC(Nc1ccc(C#N)cc1C(F)(F)F)c1nccn1C. The molecule has 2 rings (SSSR count). The minimum atomic E-state index is -4.53. The summed E-state index contributed by atoms with van der Waals surface area (Å²) in [5.41, 5.74) is -0.961. The zero-order valence-corrected chi connectivity index (χ0v) is 11.4. The largest absolute Gasteiger partial charge is 0.418 e. The van der Waals surface area contributed by atoms with Gasteiger partial charge >= 0.3 is 6.18 Å². The average molecular weight is 294 g/mol. The van der Waals surface area contributed by atoms with Crippen molar-refractivity contribution >= 4 is 5.69 Å². The number of halogens is 3. The Bertz CT molecular complexity index is 682. The van der Waals surface area contributed by atoms with E-state index < -0.39 is 17.8 Å². The van der Waals surface area contributed by atoms with Gasteiger partial charge in [-0.1, -0.05) is 0 Å². The second kappa shape index (κ2) is 5.48. The number of hydrogen-bond donors (Lipinski definition) is 1. The molecule has 0 aliphatic carbocycles. The molecular formula is C14H13F3N4. The van der Waals surface area contributed by atoms with Crippen molar-refractivity contribution in [1.29, 1.82) is 5.26 Å². The summed E-state index contributed by atoms with van der Waals surface area (Å²) in [7, 11) is 1.77. The number of benzene rings is 1. The van der Waals surface area contributed by atoms with E-state index >= 15 is 0 Å². The summed E-state index contributed by atoms with van der Waals surface area (Å²) < 4.78 is 40.9. The van der Waals surface area contributed by atoms with Crippen LogP contribution in [-0.2, 0) is 13.2 Å². The molecule has 0 amide bonds. The number of aromatic nitrogens is 2. The third-order valence-electron chi connectivity index (χ3n) is 3.07. The fraction of sp³-hybridized carbons (Fsp3) is 0.286. The molecule has 110 valence electrons. The Morgan fingerprint density at radius 2 is 2.10 bits per heavy atom.